The van der Waals surface area contributed by atoms with E-state index in [1.54, 1.807) is 0 Å². The lowest BCUT2D eigenvalue weighted by molar-refractivity contribution is 0.490. The fraction of sp³-hybridized carbons (Fsp3) is 0.385. The Morgan fingerprint density at radius 3 is 2.68 bits per heavy atom. The third kappa shape index (κ3) is 4.26. The molecule has 0 unspecified atom stereocenters. The molecular formula is C13H19N5O. The van der Waals surface area contributed by atoms with E-state index < -0.39 is 0 Å². The summed E-state index contributed by atoms with van der Waals surface area (Å²) in [6, 6.07) is 5.76. The lowest BCUT2D eigenvalue weighted by Gasteiger charge is -2.07. The van der Waals surface area contributed by atoms with Crippen molar-refractivity contribution in [1.82, 2.24) is 9.97 Å². The zero-order valence-electron chi connectivity index (χ0n) is 11.0. The summed E-state index contributed by atoms with van der Waals surface area (Å²) in [5.41, 5.74) is 5.44. The average molecular weight is 261 g/mol. The van der Waals surface area contributed by atoms with Gasteiger partial charge in [0.2, 0.25) is 0 Å². The lowest BCUT2D eigenvalue weighted by Crippen LogP contribution is -2.10. The molecule has 2 rings (SSSR count). The van der Waals surface area contributed by atoms with Crippen molar-refractivity contribution in [3.63, 3.8) is 0 Å². The monoisotopic (exact) mass is 261 g/mol. The van der Waals surface area contributed by atoms with Crippen LogP contribution in [-0.2, 0) is 6.54 Å². The molecule has 6 nitrogen and oxygen atoms in total. The van der Waals surface area contributed by atoms with Crippen molar-refractivity contribution < 1.29 is 4.42 Å². The van der Waals surface area contributed by atoms with E-state index in [9.17, 15) is 0 Å². The van der Waals surface area contributed by atoms with Gasteiger partial charge < -0.3 is 20.8 Å². The fourth-order valence-electron chi connectivity index (χ4n) is 1.63. The van der Waals surface area contributed by atoms with Crippen LogP contribution in [0, 0.1) is 6.92 Å². The highest BCUT2D eigenvalue weighted by Crippen LogP contribution is 2.11. The zero-order valence-corrected chi connectivity index (χ0v) is 11.0. The summed E-state index contributed by atoms with van der Waals surface area (Å²) in [4.78, 5) is 8.30. The molecule has 102 valence electrons. The number of furan rings is 1. The van der Waals surface area contributed by atoms with E-state index in [2.05, 4.69) is 20.6 Å². The Morgan fingerprint density at radius 1 is 1.21 bits per heavy atom. The van der Waals surface area contributed by atoms with Crippen LogP contribution < -0.4 is 16.4 Å². The van der Waals surface area contributed by atoms with Crippen LogP contribution >= 0.6 is 0 Å². The number of nitrogens with two attached hydrogens (primary N) is 1. The topological polar surface area (TPSA) is 89.0 Å². The van der Waals surface area contributed by atoms with Gasteiger partial charge in [0.05, 0.1) is 6.54 Å². The van der Waals surface area contributed by atoms with E-state index in [-0.39, 0.29) is 0 Å². The van der Waals surface area contributed by atoms with Gasteiger partial charge in [-0.25, -0.2) is 9.97 Å². The van der Waals surface area contributed by atoms with Gasteiger partial charge in [-0.05, 0) is 32.0 Å². The average Bonchev–Trinajstić information content (AvgIpc) is 2.83. The predicted octanol–water partition coefficient (Wildman–Crippen LogP) is 1.75. The smallest absolute Gasteiger partial charge is 0.131 e. The molecule has 0 saturated heterocycles. The lowest BCUT2D eigenvalue weighted by atomic mass is 10.4. The summed E-state index contributed by atoms with van der Waals surface area (Å²) >= 11 is 0. The van der Waals surface area contributed by atoms with Crippen molar-refractivity contribution in [1.29, 1.82) is 0 Å². The minimum atomic E-state index is 0.604. The molecule has 0 amide bonds. The standard InChI is InChI=1S/C13H19N5O/c1-10-3-4-11(19-10)8-16-13-7-12(17-9-18-13)15-6-2-5-14/h3-4,7,9H,2,5-6,8,14H2,1H3,(H2,15,16,17,18). The van der Waals surface area contributed by atoms with E-state index in [0.29, 0.717) is 13.1 Å². The van der Waals surface area contributed by atoms with Gasteiger partial charge in [0, 0.05) is 12.6 Å². The summed E-state index contributed by atoms with van der Waals surface area (Å²) in [5, 5.41) is 6.39. The summed E-state index contributed by atoms with van der Waals surface area (Å²) in [7, 11) is 0. The molecule has 0 aromatic carbocycles. The van der Waals surface area contributed by atoms with Crippen molar-refractivity contribution in [2.24, 2.45) is 5.73 Å². The van der Waals surface area contributed by atoms with Crippen molar-refractivity contribution >= 4 is 11.6 Å². The molecule has 0 aliphatic heterocycles. The molecule has 0 radical (unpaired) electrons. The van der Waals surface area contributed by atoms with Crippen LogP contribution in [0.4, 0.5) is 11.6 Å². The summed E-state index contributed by atoms with van der Waals surface area (Å²) in [5.74, 6) is 3.35. The first-order valence-corrected chi connectivity index (χ1v) is 6.33. The molecule has 2 aromatic heterocycles. The number of hydrogen-bond donors (Lipinski definition) is 3. The van der Waals surface area contributed by atoms with Gasteiger partial charge in [-0.2, -0.15) is 0 Å². The predicted molar refractivity (Wildman–Crippen MR) is 75.0 cm³/mol. The Balaban J connectivity index is 1.87. The highest BCUT2D eigenvalue weighted by Gasteiger charge is 2.01. The van der Waals surface area contributed by atoms with Crippen LogP contribution in [0.15, 0.2) is 28.9 Å². The van der Waals surface area contributed by atoms with Crippen molar-refractivity contribution in [2.45, 2.75) is 19.9 Å². The highest BCUT2D eigenvalue weighted by atomic mass is 16.3. The molecule has 4 N–H and O–H groups in total. The maximum Gasteiger partial charge on any atom is 0.131 e. The van der Waals surface area contributed by atoms with Crippen LogP contribution in [0.1, 0.15) is 17.9 Å². The largest absolute Gasteiger partial charge is 0.465 e. The first-order valence-electron chi connectivity index (χ1n) is 6.33. The molecule has 6 heteroatoms. The van der Waals surface area contributed by atoms with Gasteiger partial charge in [-0.15, -0.1) is 0 Å². The van der Waals surface area contributed by atoms with Crippen LogP contribution in [-0.4, -0.2) is 23.1 Å². The normalized spacial score (nSPS) is 10.4. The van der Waals surface area contributed by atoms with Crippen LogP contribution in [0.5, 0.6) is 0 Å². The van der Waals surface area contributed by atoms with Gasteiger partial charge in [0.25, 0.3) is 0 Å². The van der Waals surface area contributed by atoms with E-state index >= 15 is 0 Å². The van der Waals surface area contributed by atoms with E-state index in [1.807, 2.05) is 25.1 Å². The molecule has 19 heavy (non-hydrogen) atoms. The van der Waals surface area contributed by atoms with Crippen LogP contribution in [0.3, 0.4) is 0 Å². The zero-order chi connectivity index (χ0) is 13.5. The Kier molecular flexibility index (Phi) is 4.74. The van der Waals surface area contributed by atoms with Gasteiger partial charge in [0.1, 0.15) is 29.5 Å². The maximum atomic E-state index is 5.48. The van der Waals surface area contributed by atoms with Crippen LogP contribution in [0.25, 0.3) is 0 Å². The first-order chi connectivity index (χ1) is 9.28. The van der Waals surface area contributed by atoms with E-state index in [1.165, 1.54) is 6.33 Å². The van der Waals surface area contributed by atoms with Crippen LogP contribution in [0.2, 0.25) is 0 Å². The highest BCUT2D eigenvalue weighted by molar-refractivity contribution is 5.46. The number of anilines is 2. The number of rotatable bonds is 7. The number of aromatic nitrogens is 2. The van der Waals surface area contributed by atoms with E-state index in [4.69, 9.17) is 10.2 Å². The molecule has 0 bridgehead atoms. The Bertz CT molecular complexity index is 511. The SMILES string of the molecule is Cc1ccc(CNc2cc(NCCCN)ncn2)o1. The van der Waals surface area contributed by atoms with Gasteiger partial charge >= 0.3 is 0 Å². The quantitative estimate of drug-likeness (QED) is 0.658. The molecule has 0 atom stereocenters. The summed E-state index contributed by atoms with van der Waals surface area (Å²) in [6.45, 7) is 4.01. The van der Waals surface area contributed by atoms with Gasteiger partial charge in [-0.3, -0.25) is 0 Å². The Hall–Kier alpha value is -2.08. The number of nitrogens with zero attached hydrogens (tertiary/aromatic N) is 2. The van der Waals surface area contributed by atoms with Gasteiger partial charge in [-0.1, -0.05) is 0 Å². The number of aryl methyl sites for hydroxylation is 1. The summed E-state index contributed by atoms with van der Waals surface area (Å²) < 4.78 is 5.48. The third-order valence-corrected chi connectivity index (χ3v) is 2.59. The molecule has 0 spiro atoms. The number of hydrogen-bond acceptors (Lipinski definition) is 6. The van der Waals surface area contributed by atoms with Crippen molar-refractivity contribution in [3.05, 3.63) is 36.0 Å². The second-order valence-corrected chi connectivity index (χ2v) is 4.22. The third-order valence-electron chi connectivity index (χ3n) is 2.59. The van der Waals surface area contributed by atoms with Gasteiger partial charge in [0.15, 0.2) is 0 Å². The van der Waals surface area contributed by atoms with Crippen molar-refractivity contribution in [3.8, 4) is 0 Å². The molecule has 2 heterocycles. The molecule has 2 aromatic rings. The van der Waals surface area contributed by atoms with Crippen molar-refractivity contribution in [2.75, 3.05) is 23.7 Å². The van der Waals surface area contributed by atoms with E-state index in [0.717, 1.165) is 36.1 Å². The Morgan fingerprint density at radius 2 is 2.00 bits per heavy atom. The fourth-order valence-corrected chi connectivity index (χ4v) is 1.63. The second-order valence-electron chi connectivity index (χ2n) is 4.22. The maximum absolute atomic E-state index is 5.48. The Labute approximate surface area is 112 Å². The number of nitrogens with one attached hydrogen (secondary N) is 2. The minimum absolute atomic E-state index is 0.604. The molecular weight excluding hydrogens is 242 g/mol. The molecule has 0 saturated carbocycles. The minimum Gasteiger partial charge on any atom is -0.465 e. The molecule has 0 aliphatic rings. The second kappa shape index (κ2) is 6.75. The first kappa shape index (κ1) is 13.4. The molecule has 0 aliphatic carbocycles. The molecule has 0 fully saturated rings. The summed E-state index contributed by atoms with van der Waals surface area (Å²) in [6.07, 6.45) is 2.44.